The highest BCUT2D eigenvalue weighted by Gasteiger charge is 2.26. The van der Waals surface area contributed by atoms with Gasteiger partial charge >= 0.3 is 0 Å². The van der Waals surface area contributed by atoms with E-state index < -0.39 is 0 Å². The molecule has 1 N–H and O–H groups in total. The number of anilines is 2. The van der Waals surface area contributed by atoms with Gasteiger partial charge in [0.1, 0.15) is 5.82 Å². The standard InChI is InChI=1S/C21H19ClN6OS2/c22-17-5-6-18(24-12-17)28-9-7-16(8-10-28)19(29)25-20-26-27-21(31-20)30-13-15-3-1-14(11-23)2-4-15/h1-6,12,16H,7-10,13H2,(H,25,26,29). The molecule has 3 aromatic rings. The van der Waals surface area contributed by atoms with Crippen LogP contribution in [0.3, 0.4) is 0 Å². The van der Waals surface area contributed by atoms with Gasteiger partial charge in [0.25, 0.3) is 0 Å². The summed E-state index contributed by atoms with van der Waals surface area (Å²) in [5.74, 6) is 1.55. The molecule has 1 amide bonds. The Balaban J connectivity index is 1.25. The molecule has 0 spiro atoms. The number of carbonyl (C=O) groups is 1. The van der Waals surface area contributed by atoms with E-state index in [4.69, 9.17) is 16.9 Å². The number of nitrogens with one attached hydrogen (secondary N) is 1. The van der Waals surface area contributed by atoms with Gasteiger partial charge < -0.3 is 10.2 Å². The van der Waals surface area contributed by atoms with Crippen molar-refractivity contribution >= 4 is 51.6 Å². The minimum absolute atomic E-state index is 0.0106. The van der Waals surface area contributed by atoms with Gasteiger partial charge in [0.2, 0.25) is 11.0 Å². The molecule has 10 heteroatoms. The fraction of sp³-hybridized carbons (Fsp3) is 0.286. The van der Waals surface area contributed by atoms with Crippen molar-refractivity contribution in [2.24, 2.45) is 5.92 Å². The van der Waals surface area contributed by atoms with Crippen LogP contribution in [0.25, 0.3) is 0 Å². The normalized spacial score (nSPS) is 14.3. The fourth-order valence-electron chi connectivity index (χ4n) is 3.27. The lowest BCUT2D eigenvalue weighted by atomic mass is 9.96. The Morgan fingerprint density at radius 2 is 2.00 bits per heavy atom. The molecule has 2 aromatic heterocycles. The molecule has 0 bridgehead atoms. The van der Waals surface area contributed by atoms with E-state index in [-0.39, 0.29) is 11.8 Å². The maximum Gasteiger partial charge on any atom is 0.229 e. The fourth-order valence-corrected chi connectivity index (χ4v) is 5.10. The zero-order valence-electron chi connectivity index (χ0n) is 16.5. The summed E-state index contributed by atoms with van der Waals surface area (Å²) in [7, 11) is 0. The van der Waals surface area contributed by atoms with Crippen molar-refractivity contribution in [2.75, 3.05) is 23.3 Å². The molecule has 31 heavy (non-hydrogen) atoms. The van der Waals surface area contributed by atoms with Crippen LogP contribution < -0.4 is 10.2 Å². The smallest absolute Gasteiger partial charge is 0.229 e. The molecular formula is C21H19ClN6OS2. The summed E-state index contributed by atoms with van der Waals surface area (Å²) < 4.78 is 0.795. The lowest BCUT2D eigenvalue weighted by molar-refractivity contribution is -0.120. The van der Waals surface area contributed by atoms with Crippen LogP contribution >= 0.6 is 34.7 Å². The molecule has 7 nitrogen and oxygen atoms in total. The van der Waals surface area contributed by atoms with E-state index in [1.165, 1.54) is 11.3 Å². The topological polar surface area (TPSA) is 94.8 Å². The van der Waals surface area contributed by atoms with E-state index >= 15 is 0 Å². The molecule has 1 aliphatic rings. The van der Waals surface area contributed by atoms with Crippen LogP contribution in [0.5, 0.6) is 0 Å². The van der Waals surface area contributed by atoms with Gasteiger partial charge in [-0.3, -0.25) is 4.79 Å². The van der Waals surface area contributed by atoms with Crippen molar-refractivity contribution in [1.82, 2.24) is 15.2 Å². The molecule has 1 aliphatic heterocycles. The van der Waals surface area contributed by atoms with Gasteiger partial charge in [-0.15, -0.1) is 10.2 Å². The Labute approximate surface area is 193 Å². The summed E-state index contributed by atoms with van der Waals surface area (Å²) in [5, 5.41) is 21.2. The number of nitrogens with zero attached hydrogens (tertiary/aromatic N) is 5. The van der Waals surface area contributed by atoms with Crippen LogP contribution in [0, 0.1) is 17.2 Å². The highest BCUT2D eigenvalue weighted by molar-refractivity contribution is 8.00. The van der Waals surface area contributed by atoms with Crippen LogP contribution in [-0.2, 0) is 10.5 Å². The molecule has 0 radical (unpaired) electrons. The molecular weight excluding hydrogens is 452 g/mol. The van der Waals surface area contributed by atoms with Gasteiger partial charge in [-0.25, -0.2) is 4.98 Å². The van der Waals surface area contributed by atoms with Gasteiger partial charge in [0.05, 0.1) is 16.7 Å². The molecule has 0 aliphatic carbocycles. The highest BCUT2D eigenvalue weighted by atomic mass is 35.5. The largest absolute Gasteiger partial charge is 0.357 e. The minimum Gasteiger partial charge on any atom is -0.357 e. The lowest BCUT2D eigenvalue weighted by Gasteiger charge is -2.31. The number of rotatable bonds is 6. The predicted octanol–water partition coefficient (Wildman–Crippen LogP) is 4.61. The number of benzene rings is 1. The second-order valence-corrected chi connectivity index (χ2v) is 9.69. The molecule has 1 aromatic carbocycles. The number of nitriles is 1. The van der Waals surface area contributed by atoms with Crippen molar-refractivity contribution in [3.8, 4) is 6.07 Å². The first kappa shape index (κ1) is 21.6. The summed E-state index contributed by atoms with van der Waals surface area (Å²) in [6.45, 7) is 1.54. The van der Waals surface area contributed by atoms with Gasteiger partial charge in [-0.05, 0) is 42.7 Å². The Hall–Kier alpha value is -2.67. The predicted molar refractivity (Wildman–Crippen MR) is 123 cm³/mol. The molecule has 158 valence electrons. The van der Waals surface area contributed by atoms with Crippen molar-refractivity contribution in [1.29, 1.82) is 5.26 Å². The molecule has 1 fully saturated rings. The number of piperidine rings is 1. The van der Waals surface area contributed by atoms with Gasteiger partial charge in [0.15, 0.2) is 4.34 Å². The average molecular weight is 471 g/mol. The highest BCUT2D eigenvalue weighted by Crippen LogP contribution is 2.29. The molecule has 1 saturated heterocycles. The zero-order chi connectivity index (χ0) is 21.6. The van der Waals surface area contributed by atoms with Gasteiger partial charge in [-0.1, -0.05) is 46.8 Å². The first-order valence-electron chi connectivity index (χ1n) is 9.73. The van der Waals surface area contributed by atoms with Crippen molar-refractivity contribution < 1.29 is 4.79 Å². The quantitative estimate of drug-likeness (QED) is 0.415. The Kier molecular flexibility index (Phi) is 7.02. The average Bonchev–Trinajstić information content (AvgIpc) is 3.26. The van der Waals surface area contributed by atoms with E-state index in [1.807, 2.05) is 24.3 Å². The van der Waals surface area contributed by atoms with E-state index in [0.29, 0.717) is 15.7 Å². The third-order valence-corrected chi connectivity index (χ3v) is 7.25. The van der Waals surface area contributed by atoms with Crippen molar-refractivity contribution in [3.63, 3.8) is 0 Å². The summed E-state index contributed by atoms with van der Waals surface area (Å²) in [6.07, 6.45) is 3.16. The van der Waals surface area contributed by atoms with Crippen LogP contribution in [0.2, 0.25) is 5.02 Å². The number of halogens is 1. The molecule has 0 atom stereocenters. The maximum absolute atomic E-state index is 12.6. The van der Waals surface area contributed by atoms with Crippen molar-refractivity contribution in [2.45, 2.75) is 22.9 Å². The molecule has 4 rings (SSSR count). The SMILES string of the molecule is N#Cc1ccc(CSc2nnc(NC(=O)C3CCN(c4ccc(Cl)cn4)CC3)s2)cc1. The maximum atomic E-state index is 12.6. The lowest BCUT2D eigenvalue weighted by Crippen LogP contribution is -2.38. The first-order valence-corrected chi connectivity index (χ1v) is 11.9. The second kappa shape index (κ2) is 10.1. The number of aromatic nitrogens is 3. The first-order chi connectivity index (χ1) is 15.1. The monoisotopic (exact) mass is 470 g/mol. The third-order valence-electron chi connectivity index (χ3n) is 4.98. The number of amides is 1. The Morgan fingerprint density at radius 1 is 1.23 bits per heavy atom. The third kappa shape index (κ3) is 5.73. The van der Waals surface area contributed by atoms with Crippen LogP contribution in [-0.4, -0.2) is 34.2 Å². The van der Waals surface area contributed by atoms with Gasteiger partial charge in [0, 0.05) is 31.0 Å². The van der Waals surface area contributed by atoms with Gasteiger partial charge in [-0.2, -0.15) is 5.26 Å². The molecule has 0 saturated carbocycles. The van der Waals surface area contributed by atoms with Crippen molar-refractivity contribution in [3.05, 3.63) is 58.7 Å². The molecule has 0 unspecified atom stereocenters. The summed E-state index contributed by atoms with van der Waals surface area (Å²) >= 11 is 8.83. The number of pyridine rings is 1. The number of thioether (sulfide) groups is 1. The van der Waals surface area contributed by atoms with E-state index in [2.05, 4.69) is 31.5 Å². The Morgan fingerprint density at radius 3 is 2.68 bits per heavy atom. The van der Waals surface area contributed by atoms with Crippen LogP contribution in [0.1, 0.15) is 24.0 Å². The number of hydrogen-bond donors (Lipinski definition) is 1. The minimum atomic E-state index is -0.0535. The summed E-state index contributed by atoms with van der Waals surface area (Å²) in [5.41, 5.74) is 1.75. The molecule has 3 heterocycles. The Bertz CT molecular complexity index is 1070. The van der Waals surface area contributed by atoms with Crippen LogP contribution in [0.4, 0.5) is 10.9 Å². The van der Waals surface area contributed by atoms with E-state index in [0.717, 1.165) is 47.4 Å². The number of carbonyl (C=O) groups excluding carboxylic acids is 1. The van der Waals surface area contributed by atoms with Crippen LogP contribution in [0.15, 0.2) is 46.9 Å². The van der Waals surface area contributed by atoms with E-state index in [9.17, 15) is 4.79 Å². The number of hydrogen-bond acceptors (Lipinski definition) is 8. The summed E-state index contributed by atoms with van der Waals surface area (Å²) in [4.78, 5) is 19.2. The zero-order valence-corrected chi connectivity index (χ0v) is 18.9. The second-order valence-electron chi connectivity index (χ2n) is 7.06. The summed E-state index contributed by atoms with van der Waals surface area (Å²) in [6, 6.07) is 13.3. The van der Waals surface area contributed by atoms with E-state index in [1.54, 1.807) is 30.1 Å².